The van der Waals surface area contributed by atoms with Crippen LogP contribution < -0.4 is 21.3 Å². The topological polar surface area (TPSA) is 65.3 Å². The highest BCUT2D eigenvalue weighted by molar-refractivity contribution is 5.56. The number of ether oxygens (including phenoxy) is 1. The lowest BCUT2D eigenvalue weighted by molar-refractivity contribution is 0.210. The minimum Gasteiger partial charge on any atom is -0.488 e. The second-order valence-corrected chi connectivity index (χ2v) is 6.43. The van der Waals surface area contributed by atoms with Crippen LogP contribution in [0.3, 0.4) is 0 Å². The lowest BCUT2D eigenvalue weighted by Gasteiger charge is -2.17. The minimum absolute atomic E-state index is 0.104. The highest BCUT2D eigenvalue weighted by Gasteiger charge is 2.18. The molecule has 25 heavy (non-hydrogen) atoms. The van der Waals surface area contributed by atoms with Gasteiger partial charge >= 0.3 is 5.69 Å². The summed E-state index contributed by atoms with van der Waals surface area (Å²) in [6.07, 6.45) is 5.80. The maximum absolute atomic E-state index is 13.6. The Morgan fingerprint density at radius 2 is 1.96 bits per heavy atom. The van der Waals surface area contributed by atoms with Crippen molar-refractivity contribution in [2.45, 2.75) is 38.3 Å². The summed E-state index contributed by atoms with van der Waals surface area (Å²) < 4.78 is 22.0. The molecule has 0 amide bonds. The van der Waals surface area contributed by atoms with Gasteiger partial charge in [-0.3, -0.25) is 9.36 Å². The Labute approximate surface area is 144 Å². The van der Waals surface area contributed by atoms with Gasteiger partial charge in [-0.1, -0.05) is 0 Å². The second-order valence-electron chi connectivity index (χ2n) is 6.43. The van der Waals surface area contributed by atoms with Crippen LogP contribution in [0.2, 0.25) is 0 Å². The predicted molar refractivity (Wildman–Crippen MR) is 93.5 cm³/mol. The predicted octanol–water partition coefficient (Wildman–Crippen LogP) is 2.16. The first-order chi connectivity index (χ1) is 12.0. The summed E-state index contributed by atoms with van der Waals surface area (Å²) in [5.74, 6) is 0.0881. The van der Waals surface area contributed by atoms with E-state index in [1.807, 2.05) is 0 Å². The Bertz CT molecular complexity index is 882. The van der Waals surface area contributed by atoms with Gasteiger partial charge in [-0.25, -0.2) is 9.18 Å². The molecule has 2 aromatic rings. The van der Waals surface area contributed by atoms with Crippen molar-refractivity contribution in [2.24, 2.45) is 14.1 Å². The van der Waals surface area contributed by atoms with E-state index < -0.39 is 0 Å². The largest absolute Gasteiger partial charge is 0.488 e. The van der Waals surface area contributed by atoms with Crippen LogP contribution in [0.4, 0.5) is 10.1 Å². The monoisotopic (exact) mass is 347 g/mol. The van der Waals surface area contributed by atoms with Crippen molar-refractivity contribution < 1.29 is 9.13 Å². The summed E-state index contributed by atoms with van der Waals surface area (Å²) in [4.78, 5) is 23.9. The number of nitrogens with zero attached hydrogens (tertiary/aromatic N) is 2. The third kappa shape index (κ3) is 3.75. The third-order valence-corrected chi connectivity index (χ3v) is 4.53. The molecule has 1 fully saturated rings. The van der Waals surface area contributed by atoms with E-state index in [4.69, 9.17) is 4.74 Å². The van der Waals surface area contributed by atoms with E-state index in [1.165, 1.54) is 29.9 Å². The van der Waals surface area contributed by atoms with Gasteiger partial charge in [0, 0.05) is 32.9 Å². The first-order valence-electron chi connectivity index (χ1n) is 8.41. The number of nitrogens with one attached hydrogen (secondary N) is 1. The molecule has 0 aliphatic heterocycles. The van der Waals surface area contributed by atoms with Gasteiger partial charge in [0.1, 0.15) is 11.6 Å². The van der Waals surface area contributed by atoms with E-state index in [1.54, 1.807) is 13.1 Å². The highest BCUT2D eigenvalue weighted by atomic mass is 19.1. The molecule has 0 bridgehead atoms. The lowest BCUT2D eigenvalue weighted by Crippen LogP contribution is -2.38. The summed E-state index contributed by atoms with van der Waals surface area (Å²) in [6.45, 7) is 0.216. The summed E-state index contributed by atoms with van der Waals surface area (Å²) in [6, 6.07) is 4.31. The van der Waals surface area contributed by atoms with Gasteiger partial charge in [-0.2, -0.15) is 0 Å². The third-order valence-electron chi connectivity index (χ3n) is 4.53. The van der Waals surface area contributed by atoms with Crippen molar-refractivity contribution in [1.82, 2.24) is 9.13 Å². The zero-order chi connectivity index (χ0) is 18.0. The average molecular weight is 347 g/mol. The van der Waals surface area contributed by atoms with Gasteiger partial charge in [0.2, 0.25) is 0 Å². The molecule has 1 aromatic heterocycles. The van der Waals surface area contributed by atoms with E-state index in [0.29, 0.717) is 17.0 Å². The van der Waals surface area contributed by atoms with Crippen molar-refractivity contribution in [2.75, 3.05) is 5.32 Å². The molecule has 1 heterocycles. The maximum Gasteiger partial charge on any atom is 0.330 e. The van der Waals surface area contributed by atoms with Crippen molar-refractivity contribution in [3.8, 4) is 5.75 Å². The van der Waals surface area contributed by atoms with Crippen LogP contribution in [0.5, 0.6) is 5.75 Å². The number of hydrogen-bond acceptors (Lipinski definition) is 4. The molecular formula is C18H22FN3O3. The number of rotatable bonds is 5. The number of benzene rings is 1. The molecule has 0 atom stereocenters. The van der Waals surface area contributed by atoms with Gasteiger partial charge in [0.15, 0.2) is 0 Å². The molecule has 134 valence electrons. The zero-order valence-electron chi connectivity index (χ0n) is 14.4. The van der Waals surface area contributed by atoms with Crippen molar-refractivity contribution >= 4 is 5.69 Å². The van der Waals surface area contributed by atoms with Gasteiger partial charge in [-0.05, 0) is 37.8 Å². The smallest absolute Gasteiger partial charge is 0.330 e. The van der Waals surface area contributed by atoms with Gasteiger partial charge < -0.3 is 14.6 Å². The summed E-state index contributed by atoms with van der Waals surface area (Å²) in [5, 5.41) is 3.13. The summed E-state index contributed by atoms with van der Waals surface area (Å²) >= 11 is 0. The molecule has 1 aliphatic carbocycles. The number of anilines is 1. The van der Waals surface area contributed by atoms with Gasteiger partial charge in [0.25, 0.3) is 5.56 Å². The van der Waals surface area contributed by atoms with Crippen LogP contribution in [-0.4, -0.2) is 15.2 Å². The van der Waals surface area contributed by atoms with E-state index >= 15 is 0 Å². The van der Waals surface area contributed by atoms with Crippen LogP contribution in [0.25, 0.3) is 0 Å². The number of halogens is 1. The Kier molecular flexibility index (Phi) is 4.92. The molecule has 6 nitrogen and oxygen atoms in total. The Morgan fingerprint density at radius 1 is 1.24 bits per heavy atom. The zero-order valence-corrected chi connectivity index (χ0v) is 14.4. The second kappa shape index (κ2) is 7.13. The van der Waals surface area contributed by atoms with E-state index in [-0.39, 0.29) is 29.7 Å². The minimum atomic E-state index is -0.374. The normalized spacial score (nSPS) is 14.7. The molecule has 3 rings (SSSR count). The van der Waals surface area contributed by atoms with Crippen molar-refractivity contribution in [3.63, 3.8) is 0 Å². The molecule has 0 saturated heterocycles. The molecular weight excluding hydrogens is 325 g/mol. The van der Waals surface area contributed by atoms with E-state index in [2.05, 4.69) is 5.32 Å². The van der Waals surface area contributed by atoms with Crippen LogP contribution in [0.1, 0.15) is 31.2 Å². The van der Waals surface area contributed by atoms with E-state index in [9.17, 15) is 14.0 Å². The molecule has 1 aliphatic rings. The standard InChI is InChI=1S/C18H22FN3O3/c1-21-11-12(17(23)22(2)18(21)24)10-20-15-8-7-13(19)9-16(15)25-14-5-3-4-6-14/h7-9,11,14,20H,3-6,10H2,1-2H3. The molecule has 0 radical (unpaired) electrons. The quantitative estimate of drug-likeness (QED) is 0.900. The Hall–Kier alpha value is -2.57. The van der Waals surface area contributed by atoms with Gasteiger partial charge in [0.05, 0.1) is 17.4 Å². The van der Waals surface area contributed by atoms with Crippen LogP contribution in [0, 0.1) is 5.82 Å². The number of aromatic nitrogens is 2. The fraction of sp³-hybridized carbons (Fsp3) is 0.444. The Morgan fingerprint density at radius 3 is 2.68 bits per heavy atom. The molecule has 1 N–H and O–H groups in total. The van der Waals surface area contributed by atoms with E-state index in [0.717, 1.165) is 30.3 Å². The van der Waals surface area contributed by atoms with Crippen LogP contribution >= 0.6 is 0 Å². The number of aryl methyl sites for hydroxylation is 1. The van der Waals surface area contributed by atoms with Crippen molar-refractivity contribution in [1.29, 1.82) is 0 Å². The van der Waals surface area contributed by atoms with Crippen LogP contribution in [0.15, 0.2) is 34.0 Å². The fourth-order valence-electron chi connectivity index (χ4n) is 3.12. The molecule has 0 spiro atoms. The van der Waals surface area contributed by atoms with Gasteiger partial charge in [-0.15, -0.1) is 0 Å². The fourth-order valence-corrected chi connectivity index (χ4v) is 3.12. The summed E-state index contributed by atoms with van der Waals surface area (Å²) in [7, 11) is 3.04. The molecule has 1 aromatic carbocycles. The lowest BCUT2D eigenvalue weighted by atomic mass is 10.2. The summed E-state index contributed by atoms with van der Waals surface area (Å²) in [5.41, 5.74) is 0.349. The highest BCUT2D eigenvalue weighted by Crippen LogP contribution is 2.30. The molecule has 0 unspecified atom stereocenters. The maximum atomic E-state index is 13.6. The molecule has 1 saturated carbocycles. The average Bonchev–Trinajstić information content (AvgIpc) is 3.09. The SMILES string of the molecule is Cn1cc(CNc2ccc(F)cc2OC2CCCC2)c(=O)n(C)c1=O. The van der Waals surface area contributed by atoms with Crippen molar-refractivity contribution in [3.05, 3.63) is 56.6 Å². The van der Waals surface area contributed by atoms with Crippen LogP contribution in [-0.2, 0) is 20.6 Å². The molecule has 7 heteroatoms. The first-order valence-corrected chi connectivity index (χ1v) is 8.41. The Balaban J connectivity index is 1.81. The number of hydrogen-bond donors (Lipinski definition) is 1. The first kappa shape index (κ1) is 17.3.